The fourth-order valence-electron chi connectivity index (χ4n) is 2.58. The van der Waals surface area contributed by atoms with Gasteiger partial charge >= 0.3 is 0 Å². The number of phenols is 1. The van der Waals surface area contributed by atoms with E-state index in [4.69, 9.17) is 14.6 Å². The molecule has 3 rings (SSSR count). The minimum atomic E-state index is -0.833. The van der Waals surface area contributed by atoms with Gasteiger partial charge in [-0.3, -0.25) is 14.4 Å². The van der Waals surface area contributed by atoms with Gasteiger partial charge in [-0.05, 0) is 48.9 Å². The highest BCUT2D eigenvalue weighted by atomic mass is 32.2. The van der Waals surface area contributed by atoms with Gasteiger partial charge in [-0.2, -0.15) is 5.10 Å². The smallest absolute Gasteiger partial charge is 0.300 e. The number of aliphatic carboxylic acids is 1. The molecule has 0 radical (unpaired) electrons. The molecule has 1 aliphatic rings. The van der Waals surface area contributed by atoms with Crippen LogP contribution >= 0.6 is 11.8 Å². The number of thioether (sulfide) groups is 1. The van der Waals surface area contributed by atoms with Crippen LogP contribution in [0.2, 0.25) is 0 Å². The first-order valence-electron chi connectivity index (χ1n) is 9.71. The SMILES string of the molecule is CC(=O)O.COc1ccccc1NC(=O)C1CC(=O)N/C(=N\N=C(/C)c2ccc(O)cc2)S1. The van der Waals surface area contributed by atoms with Gasteiger partial charge in [0, 0.05) is 13.3 Å². The number of anilines is 1. The zero-order chi connectivity index (χ0) is 24.4. The number of rotatable bonds is 5. The quantitative estimate of drug-likeness (QED) is 0.386. The number of amides is 2. The number of phenolic OH excluding ortho intramolecular Hbond substituents is 1. The van der Waals surface area contributed by atoms with Crippen molar-refractivity contribution in [3.05, 3.63) is 54.1 Å². The summed E-state index contributed by atoms with van der Waals surface area (Å²) in [5, 5.41) is 30.0. The summed E-state index contributed by atoms with van der Waals surface area (Å²) in [5.74, 6) is -0.762. The summed E-state index contributed by atoms with van der Waals surface area (Å²) >= 11 is 1.13. The van der Waals surface area contributed by atoms with Crippen LogP contribution in [0.3, 0.4) is 0 Å². The molecule has 2 aromatic rings. The summed E-state index contributed by atoms with van der Waals surface area (Å²) in [5.41, 5.74) is 1.92. The van der Waals surface area contributed by atoms with Crippen molar-refractivity contribution in [3.8, 4) is 11.5 Å². The Kier molecular flexibility index (Phi) is 9.43. The summed E-state index contributed by atoms with van der Waals surface area (Å²) < 4.78 is 5.23. The molecule has 2 amide bonds. The van der Waals surface area contributed by atoms with Crippen molar-refractivity contribution in [3.63, 3.8) is 0 Å². The van der Waals surface area contributed by atoms with Crippen molar-refractivity contribution in [2.24, 2.45) is 10.2 Å². The standard InChI is InChI=1S/C20H20N4O4S.C2H4O2/c1-12(13-7-9-14(25)10-8-13)23-24-20-22-18(26)11-17(29-20)19(27)21-15-5-3-4-6-16(15)28-2;1-2(3)4/h3-10,17,25H,11H2,1-2H3,(H,21,27)(H,22,24,26);1H3,(H,3,4)/b23-12+;. The lowest BCUT2D eigenvalue weighted by molar-refractivity contribution is -0.134. The molecule has 11 heteroatoms. The first-order valence-corrected chi connectivity index (χ1v) is 10.6. The molecule has 0 spiro atoms. The van der Waals surface area contributed by atoms with Crippen LogP contribution in [0.15, 0.2) is 58.7 Å². The van der Waals surface area contributed by atoms with Gasteiger partial charge in [-0.25, -0.2) is 0 Å². The minimum Gasteiger partial charge on any atom is -0.508 e. The minimum absolute atomic E-state index is 0.0331. The molecule has 33 heavy (non-hydrogen) atoms. The molecule has 0 aromatic heterocycles. The van der Waals surface area contributed by atoms with E-state index < -0.39 is 11.2 Å². The van der Waals surface area contributed by atoms with Gasteiger partial charge in [0.15, 0.2) is 5.17 Å². The van der Waals surface area contributed by atoms with Crippen LogP contribution in [0, 0.1) is 0 Å². The molecule has 4 N–H and O–H groups in total. The van der Waals surface area contributed by atoms with E-state index in [1.165, 1.54) is 7.11 Å². The molecule has 2 aromatic carbocycles. The molecule has 1 heterocycles. The van der Waals surface area contributed by atoms with Gasteiger partial charge in [0.2, 0.25) is 11.8 Å². The third-order valence-electron chi connectivity index (χ3n) is 4.10. The highest BCUT2D eigenvalue weighted by Crippen LogP contribution is 2.27. The number of nitrogens with zero attached hydrogens (tertiary/aromatic N) is 2. The van der Waals surface area contributed by atoms with E-state index in [2.05, 4.69) is 20.8 Å². The van der Waals surface area contributed by atoms with Gasteiger partial charge in [0.25, 0.3) is 5.97 Å². The van der Waals surface area contributed by atoms with E-state index in [1.54, 1.807) is 55.5 Å². The van der Waals surface area contributed by atoms with E-state index in [0.29, 0.717) is 17.1 Å². The summed E-state index contributed by atoms with van der Waals surface area (Å²) in [6.45, 7) is 2.84. The van der Waals surface area contributed by atoms with Crippen molar-refractivity contribution in [1.29, 1.82) is 0 Å². The van der Waals surface area contributed by atoms with Crippen molar-refractivity contribution in [2.45, 2.75) is 25.5 Å². The molecule has 1 saturated heterocycles. The number of carboxylic acids is 1. The molecular weight excluding hydrogens is 448 g/mol. The van der Waals surface area contributed by atoms with Crippen LogP contribution in [0.1, 0.15) is 25.8 Å². The number of hydrogen-bond acceptors (Lipinski definition) is 8. The van der Waals surface area contributed by atoms with Crippen LogP contribution in [0.4, 0.5) is 5.69 Å². The molecule has 0 bridgehead atoms. The molecule has 1 atom stereocenters. The second-order valence-corrected chi connectivity index (χ2v) is 7.90. The van der Waals surface area contributed by atoms with E-state index in [0.717, 1.165) is 24.2 Å². The van der Waals surface area contributed by atoms with Crippen LogP contribution < -0.4 is 15.4 Å². The molecule has 174 valence electrons. The summed E-state index contributed by atoms with van der Waals surface area (Å²) in [7, 11) is 1.52. The monoisotopic (exact) mass is 472 g/mol. The predicted octanol–water partition coefficient (Wildman–Crippen LogP) is 2.83. The van der Waals surface area contributed by atoms with Crippen LogP contribution in [-0.4, -0.2) is 51.2 Å². The van der Waals surface area contributed by atoms with Gasteiger partial charge in [0.05, 0.1) is 18.5 Å². The fourth-order valence-corrected chi connectivity index (χ4v) is 3.51. The van der Waals surface area contributed by atoms with Crippen molar-refractivity contribution in [1.82, 2.24) is 5.32 Å². The topological polar surface area (TPSA) is 150 Å². The Morgan fingerprint density at radius 1 is 1.15 bits per heavy atom. The fraction of sp³-hybridized carbons (Fsp3) is 0.227. The lowest BCUT2D eigenvalue weighted by Gasteiger charge is -2.22. The Balaban J connectivity index is 0.000000890. The predicted molar refractivity (Wildman–Crippen MR) is 127 cm³/mol. The number of methoxy groups -OCH3 is 1. The second kappa shape index (κ2) is 12.2. The Morgan fingerprint density at radius 2 is 1.79 bits per heavy atom. The third-order valence-corrected chi connectivity index (χ3v) is 5.18. The number of carboxylic acid groups (broad SMARTS) is 1. The second-order valence-electron chi connectivity index (χ2n) is 6.70. The normalized spacial score (nSPS) is 16.8. The van der Waals surface area contributed by atoms with Crippen LogP contribution in [-0.2, 0) is 14.4 Å². The average molecular weight is 473 g/mol. The lowest BCUT2D eigenvalue weighted by Crippen LogP contribution is -2.41. The number of aromatic hydroxyl groups is 1. The number of carbonyl (C=O) groups is 3. The lowest BCUT2D eigenvalue weighted by atomic mass is 10.1. The molecule has 1 fully saturated rings. The zero-order valence-electron chi connectivity index (χ0n) is 18.2. The average Bonchev–Trinajstić information content (AvgIpc) is 2.77. The maximum atomic E-state index is 12.6. The number of benzene rings is 2. The van der Waals surface area contributed by atoms with Crippen molar-refractivity contribution >= 4 is 46.1 Å². The molecule has 0 saturated carbocycles. The molecule has 1 aliphatic heterocycles. The Morgan fingerprint density at radius 3 is 2.42 bits per heavy atom. The van der Waals surface area contributed by atoms with Gasteiger partial charge in [0.1, 0.15) is 16.7 Å². The van der Waals surface area contributed by atoms with E-state index in [1.807, 2.05) is 0 Å². The number of nitrogens with one attached hydrogen (secondary N) is 2. The molecule has 0 aliphatic carbocycles. The number of amidine groups is 1. The molecule has 10 nitrogen and oxygen atoms in total. The summed E-state index contributed by atoms with van der Waals surface area (Å²) in [6.07, 6.45) is 0.0331. The zero-order valence-corrected chi connectivity index (χ0v) is 19.0. The number of ether oxygens (including phenoxy) is 1. The number of para-hydroxylation sites is 2. The Bertz CT molecular complexity index is 1060. The van der Waals surface area contributed by atoms with Crippen LogP contribution in [0.5, 0.6) is 11.5 Å². The maximum Gasteiger partial charge on any atom is 0.300 e. The Labute approximate surface area is 194 Å². The maximum absolute atomic E-state index is 12.6. The van der Waals surface area contributed by atoms with E-state index in [9.17, 15) is 14.7 Å². The first kappa shape index (κ1) is 25.4. The van der Waals surface area contributed by atoms with E-state index >= 15 is 0 Å². The third kappa shape index (κ3) is 8.30. The van der Waals surface area contributed by atoms with Crippen LogP contribution in [0.25, 0.3) is 0 Å². The van der Waals surface area contributed by atoms with Gasteiger partial charge < -0.3 is 25.6 Å². The highest BCUT2D eigenvalue weighted by Gasteiger charge is 2.30. The van der Waals surface area contributed by atoms with E-state index in [-0.39, 0.29) is 29.2 Å². The molecule has 1 unspecified atom stereocenters. The highest BCUT2D eigenvalue weighted by molar-refractivity contribution is 8.15. The Hall–Kier alpha value is -3.86. The van der Waals surface area contributed by atoms with Crippen molar-refractivity contribution < 1.29 is 29.3 Å². The van der Waals surface area contributed by atoms with Gasteiger partial charge in [-0.15, -0.1) is 5.10 Å². The summed E-state index contributed by atoms with van der Waals surface area (Å²) in [6, 6.07) is 13.6. The number of hydrogen-bond donors (Lipinski definition) is 4. The number of carbonyl (C=O) groups excluding carboxylic acids is 2. The molecular formula is C22H24N4O6S. The van der Waals surface area contributed by atoms with Gasteiger partial charge in [-0.1, -0.05) is 23.9 Å². The first-order chi connectivity index (χ1) is 15.7. The summed E-state index contributed by atoms with van der Waals surface area (Å²) in [4.78, 5) is 33.7. The largest absolute Gasteiger partial charge is 0.508 e. The van der Waals surface area contributed by atoms with Crippen molar-refractivity contribution in [2.75, 3.05) is 12.4 Å².